The summed E-state index contributed by atoms with van der Waals surface area (Å²) in [5, 5.41) is 0. The average Bonchev–Trinajstić information content (AvgIpc) is 2.46. The van der Waals surface area contributed by atoms with Crippen molar-refractivity contribution in [2.24, 2.45) is 0 Å². The van der Waals surface area contributed by atoms with Crippen LogP contribution in [-0.4, -0.2) is 20.3 Å². The van der Waals surface area contributed by atoms with Crippen molar-refractivity contribution in [3.63, 3.8) is 0 Å². The zero-order valence-electron chi connectivity index (χ0n) is 10.8. The molecule has 0 fully saturated rings. The van der Waals surface area contributed by atoms with Gasteiger partial charge in [0.25, 0.3) is 0 Å². The molecule has 100 valence electrons. The predicted molar refractivity (Wildman–Crippen MR) is 74.8 cm³/mol. The average molecular weight is 259 g/mol. The van der Waals surface area contributed by atoms with E-state index in [0.29, 0.717) is 13.2 Å². The van der Waals surface area contributed by atoms with Crippen molar-refractivity contribution in [1.82, 2.24) is 0 Å². The van der Waals surface area contributed by atoms with Gasteiger partial charge in [-0.05, 0) is 48.5 Å². The van der Waals surface area contributed by atoms with E-state index in [1.54, 1.807) is 19.2 Å². The van der Waals surface area contributed by atoms with E-state index < -0.39 is 0 Å². The monoisotopic (exact) mass is 259 g/mol. The van der Waals surface area contributed by atoms with Crippen LogP contribution in [0.15, 0.2) is 48.5 Å². The number of hydrogen-bond acceptors (Lipinski definition) is 4. The van der Waals surface area contributed by atoms with Crippen LogP contribution >= 0.6 is 0 Å². The Morgan fingerprint density at radius 2 is 1.16 bits per heavy atom. The molecular weight excluding hydrogens is 242 g/mol. The van der Waals surface area contributed by atoms with Gasteiger partial charge < -0.3 is 19.9 Å². The summed E-state index contributed by atoms with van der Waals surface area (Å²) >= 11 is 0. The number of nitrogens with two attached hydrogens (primary N) is 1. The fourth-order valence-corrected chi connectivity index (χ4v) is 1.56. The number of nitrogen functional groups attached to an aromatic ring is 1. The van der Waals surface area contributed by atoms with E-state index in [-0.39, 0.29) is 0 Å². The standard InChI is InChI=1S/C15H17NO3/c1-17-13-6-8-15(9-7-13)19-11-10-18-14-4-2-12(16)3-5-14/h2-9H,10-11,16H2,1H3. The Balaban J connectivity index is 1.72. The highest BCUT2D eigenvalue weighted by Crippen LogP contribution is 2.17. The Labute approximate surface area is 112 Å². The van der Waals surface area contributed by atoms with Crippen LogP contribution in [0.5, 0.6) is 17.2 Å². The second kappa shape index (κ2) is 6.54. The third kappa shape index (κ3) is 4.10. The highest BCUT2D eigenvalue weighted by molar-refractivity contribution is 5.41. The third-order valence-electron chi connectivity index (χ3n) is 2.56. The third-order valence-corrected chi connectivity index (χ3v) is 2.56. The van der Waals surface area contributed by atoms with Gasteiger partial charge in [0, 0.05) is 5.69 Å². The molecule has 0 aromatic heterocycles. The second-order valence-corrected chi connectivity index (χ2v) is 3.94. The van der Waals surface area contributed by atoms with Gasteiger partial charge in [0.15, 0.2) is 0 Å². The molecule has 2 N–H and O–H groups in total. The van der Waals surface area contributed by atoms with Crippen LogP contribution in [0.1, 0.15) is 0 Å². The molecule has 2 aromatic carbocycles. The molecule has 0 radical (unpaired) electrons. The number of benzene rings is 2. The van der Waals surface area contributed by atoms with Gasteiger partial charge in [0.1, 0.15) is 30.5 Å². The summed E-state index contributed by atoms with van der Waals surface area (Å²) in [6.45, 7) is 0.965. The van der Waals surface area contributed by atoms with Crippen molar-refractivity contribution in [3.05, 3.63) is 48.5 Å². The molecule has 4 heteroatoms. The van der Waals surface area contributed by atoms with Gasteiger partial charge in [-0.25, -0.2) is 0 Å². The molecule has 0 bridgehead atoms. The lowest BCUT2D eigenvalue weighted by atomic mass is 10.3. The molecule has 2 rings (SSSR count). The molecule has 0 aliphatic heterocycles. The van der Waals surface area contributed by atoms with E-state index >= 15 is 0 Å². The molecule has 0 unspecified atom stereocenters. The van der Waals surface area contributed by atoms with Gasteiger partial charge in [-0.3, -0.25) is 0 Å². The summed E-state index contributed by atoms with van der Waals surface area (Å²) in [6, 6.07) is 14.7. The molecule has 19 heavy (non-hydrogen) atoms. The summed E-state index contributed by atoms with van der Waals surface area (Å²) in [5.74, 6) is 2.39. The Morgan fingerprint density at radius 3 is 1.63 bits per heavy atom. The quantitative estimate of drug-likeness (QED) is 0.640. The predicted octanol–water partition coefficient (Wildman–Crippen LogP) is 2.74. The van der Waals surface area contributed by atoms with Crippen molar-refractivity contribution in [2.45, 2.75) is 0 Å². The summed E-state index contributed by atoms with van der Waals surface area (Å²) in [5.41, 5.74) is 6.31. The first-order chi connectivity index (χ1) is 9.28. The summed E-state index contributed by atoms with van der Waals surface area (Å²) in [4.78, 5) is 0. The highest BCUT2D eigenvalue weighted by Gasteiger charge is 1.96. The Morgan fingerprint density at radius 1 is 0.737 bits per heavy atom. The molecule has 0 atom stereocenters. The fraction of sp³-hybridized carbons (Fsp3) is 0.200. The largest absolute Gasteiger partial charge is 0.497 e. The first-order valence-electron chi connectivity index (χ1n) is 6.03. The lowest BCUT2D eigenvalue weighted by molar-refractivity contribution is 0.217. The van der Waals surface area contributed by atoms with Gasteiger partial charge in [-0.2, -0.15) is 0 Å². The molecule has 2 aromatic rings. The topological polar surface area (TPSA) is 53.7 Å². The minimum atomic E-state index is 0.482. The summed E-state index contributed by atoms with van der Waals surface area (Å²) in [7, 11) is 1.64. The maximum absolute atomic E-state index is 5.59. The van der Waals surface area contributed by atoms with Crippen LogP contribution in [-0.2, 0) is 0 Å². The number of methoxy groups -OCH3 is 1. The number of anilines is 1. The zero-order valence-corrected chi connectivity index (χ0v) is 10.8. The van der Waals surface area contributed by atoms with Crippen LogP contribution < -0.4 is 19.9 Å². The normalized spacial score (nSPS) is 9.95. The van der Waals surface area contributed by atoms with Gasteiger partial charge >= 0.3 is 0 Å². The molecular formula is C15H17NO3. The van der Waals surface area contributed by atoms with Crippen LogP contribution in [0, 0.1) is 0 Å². The van der Waals surface area contributed by atoms with E-state index in [1.165, 1.54) is 0 Å². The van der Waals surface area contributed by atoms with Crippen molar-refractivity contribution >= 4 is 5.69 Å². The lowest BCUT2D eigenvalue weighted by Crippen LogP contribution is -2.08. The lowest BCUT2D eigenvalue weighted by Gasteiger charge is -2.09. The highest BCUT2D eigenvalue weighted by atomic mass is 16.5. The first kappa shape index (κ1) is 13.1. The van der Waals surface area contributed by atoms with Crippen molar-refractivity contribution in [3.8, 4) is 17.2 Å². The van der Waals surface area contributed by atoms with E-state index in [0.717, 1.165) is 22.9 Å². The summed E-state index contributed by atoms with van der Waals surface area (Å²) in [6.07, 6.45) is 0. The fourth-order valence-electron chi connectivity index (χ4n) is 1.56. The van der Waals surface area contributed by atoms with Crippen molar-refractivity contribution in [1.29, 1.82) is 0 Å². The second-order valence-electron chi connectivity index (χ2n) is 3.94. The Kier molecular flexibility index (Phi) is 4.50. The number of hydrogen-bond donors (Lipinski definition) is 1. The van der Waals surface area contributed by atoms with Gasteiger partial charge in [0.05, 0.1) is 7.11 Å². The Hall–Kier alpha value is -2.36. The van der Waals surface area contributed by atoms with Crippen molar-refractivity contribution < 1.29 is 14.2 Å². The molecule has 0 heterocycles. The minimum Gasteiger partial charge on any atom is -0.497 e. The van der Waals surface area contributed by atoms with E-state index in [9.17, 15) is 0 Å². The van der Waals surface area contributed by atoms with E-state index in [2.05, 4.69) is 0 Å². The Bertz CT molecular complexity index is 494. The van der Waals surface area contributed by atoms with Gasteiger partial charge in [-0.1, -0.05) is 0 Å². The minimum absolute atomic E-state index is 0.482. The van der Waals surface area contributed by atoms with E-state index in [4.69, 9.17) is 19.9 Å². The molecule has 0 aliphatic rings. The molecule has 0 saturated carbocycles. The molecule has 0 aliphatic carbocycles. The SMILES string of the molecule is COc1ccc(OCCOc2ccc(N)cc2)cc1. The van der Waals surface area contributed by atoms with Gasteiger partial charge in [-0.15, -0.1) is 0 Å². The summed E-state index contributed by atoms with van der Waals surface area (Å²) < 4.78 is 16.1. The van der Waals surface area contributed by atoms with Gasteiger partial charge in [0.2, 0.25) is 0 Å². The van der Waals surface area contributed by atoms with Crippen LogP contribution in [0.25, 0.3) is 0 Å². The molecule has 0 saturated heterocycles. The molecule has 4 nitrogen and oxygen atoms in total. The maximum atomic E-state index is 5.59. The number of ether oxygens (including phenoxy) is 3. The molecule has 0 amide bonds. The van der Waals surface area contributed by atoms with Crippen molar-refractivity contribution in [2.75, 3.05) is 26.1 Å². The number of rotatable bonds is 6. The maximum Gasteiger partial charge on any atom is 0.122 e. The smallest absolute Gasteiger partial charge is 0.122 e. The zero-order chi connectivity index (χ0) is 13.5. The molecule has 0 spiro atoms. The first-order valence-corrected chi connectivity index (χ1v) is 6.03. The van der Waals surface area contributed by atoms with E-state index in [1.807, 2.05) is 36.4 Å². The van der Waals surface area contributed by atoms with Crippen LogP contribution in [0.4, 0.5) is 5.69 Å². The van der Waals surface area contributed by atoms with Crippen LogP contribution in [0.2, 0.25) is 0 Å². The van der Waals surface area contributed by atoms with Crippen LogP contribution in [0.3, 0.4) is 0 Å².